The van der Waals surface area contributed by atoms with Gasteiger partial charge in [0.25, 0.3) is 0 Å². The zero-order chi connectivity index (χ0) is 15.3. The van der Waals surface area contributed by atoms with E-state index >= 15 is 0 Å². The van der Waals surface area contributed by atoms with E-state index in [1.165, 1.54) is 0 Å². The number of ether oxygens (including phenoxy) is 1. The quantitative estimate of drug-likeness (QED) is 0.871. The van der Waals surface area contributed by atoms with E-state index in [4.69, 9.17) is 4.74 Å². The molecule has 0 radical (unpaired) electrons. The summed E-state index contributed by atoms with van der Waals surface area (Å²) < 4.78 is 6.27. The smallest absolute Gasteiger partial charge is 0.224 e. The van der Waals surface area contributed by atoms with Gasteiger partial charge in [-0.15, -0.1) is 6.58 Å². The molecule has 4 heteroatoms. The third kappa shape index (κ3) is 1.83. The highest BCUT2D eigenvalue weighted by Crippen LogP contribution is 2.65. The molecule has 2 fully saturated rings. The van der Waals surface area contributed by atoms with E-state index in [1.807, 2.05) is 24.3 Å². The van der Waals surface area contributed by atoms with Gasteiger partial charge in [-0.1, -0.05) is 18.2 Å². The van der Waals surface area contributed by atoms with E-state index in [2.05, 4.69) is 11.9 Å². The minimum atomic E-state index is -0.466. The number of nitrogens with one attached hydrogen (secondary N) is 1. The van der Waals surface area contributed by atoms with Gasteiger partial charge >= 0.3 is 0 Å². The Balaban J connectivity index is 1.58. The van der Waals surface area contributed by atoms with Crippen molar-refractivity contribution in [2.45, 2.75) is 24.9 Å². The Labute approximate surface area is 129 Å². The molecule has 22 heavy (non-hydrogen) atoms. The maximum Gasteiger partial charge on any atom is 0.224 e. The van der Waals surface area contributed by atoms with E-state index in [0.717, 1.165) is 12.8 Å². The molecule has 1 N–H and O–H groups in total. The van der Waals surface area contributed by atoms with Crippen molar-refractivity contribution in [1.82, 2.24) is 5.32 Å². The van der Waals surface area contributed by atoms with Crippen LogP contribution in [0.5, 0.6) is 5.75 Å². The highest BCUT2D eigenvalue weighted by atomic mass is 16.5. The van der Waals surface area contributed by atoms with Gasteiger partial charge in [-0.25, -0.2) is 0 Å². The van der Waals surface area contributed by atoms with E-state index in [1.54, 1.807) is 6.08 Å². The molecule has 0 saturated heterocycles. The van der Waals surface area contributed by atoms with Crippen molar-refractivity contribution in [2.75, 3.05) is 6.54 Å². The van der Waals surface area contributed by atoms with Crippen LogP contribution in [-0.2, 0) is 4.79 Å². The summed E-state index contributed by atoms with van der Waals surface area (Å²) >= 11 is 0. The Morgan fingerprint density at radius 1 is 1.45 bits per heavy atom. The summed E-state index contributed by atoms with van der Waals surface area (Å²) in [5.74, 6) is 1.42. The molecule has 1 spiro atoms. The zero-order valence-corrected chi connectivity index (χ0v) is 12.4. The van der Waals surface area contributed by atoms with Crippen molar-refractivity contribution in [1.29, 1.82) is 0 Å². The number of para-hydroxylation sites is 1. The van der Waals surface area contributed by atoms with Gasteiger partial charge in [0.1, 0.15) is 11.4 Å². The number of fused-ring (bicyclic) bond motifs is 3. The summed E-state index contributed by atoms with van der Waals surface area (Å²) in [5, 5.41) is 2.88. The first-order valence-electron chi connectivity index (χ1n) is 7.86. The van der Waals surface area contributed by atoms with Crippen LogP contribution < -0.4 is 10.1 Å². The molecule has 0 bridgehead atoms. The molecule has 2 aliphatic carbocycles. The molecule has 4 nitrogen and oxygen atoms in total. The van der Waals surface area contributed by atoms with Crippen LogP contribution in [0.25, 0.3) is 0 Å². The number of rotatable bonds is 3. The van der Waals surface area contributed by atoms with Crippen LogP contribution in [0, 0.1) is 17.8 Å². The lowest BCUT2D eigenvalue weighted by Crippen LogP contribution is -2.44. The minimum Gasteiger partial charge on any atom is -0.486 e. The molecule has 2 saturated carbocycles. The summed E-state index contributed by atoms with van der Waals surface area (Å²) in [6.07, 6.45) is 3.92. The van der Waals surface area contributed by atoms with Crippen LogP contribution in [0.2, 0.25) is 0 Å². The molecule has 1 aliphatic heterocycles. The lowest BCUT2D eigenvalue weighted by Gasteiger charge is -2.37. The number of amides is 1. The number of hydrogen-bond acceptors (Lipinski definition) is 3. The molecule has 0 unspecified atom stereocenters. The Morgan fingerprint density at radius 2 is 2.27 bits per heavy atom. The Morgan fingerprint density at radius 3 is 3.09 bits per heavy atom. The second kappa shape index (κ2) is 4.70. The zero-order valence-electron chi connectivity index (χ0n) is 12.4. The van der Waals surface area contributed by atoms with Crippen molar-refractivity contribution in [3.63, 3.8) is 0 Å². The second-order valence-electron chi connectivity index (χ2n) is 6.55. The van der Waals surface area contributed by atoms with E-state index in [-0.39, 0.29) is 23.5 Å². The van der Waals surface area contributed by atoms with Gasteiger partial charge in [0.15, 0.2) is 5.78 Å². The molecule has 1 amide bonds. The highest BCUT2D eigenvalue weighted by Gasteiger charge is 2.70. The molecule has 4 atom stereocenters. The van der Waals surface area contributed by atoms with Gasteiger partial charge in [0.2, 0.25) is 5.91 Å². The molecule has 1 heterocycles. The second-order valence-corrected chi connectivity index (χ2v) is 6.55. The normalized spacial score (nSPS) is 34.5. The number of hydrogen-bond donors (Lipinski definition) is 1. The van der Waals surface area contributed by atoms with Gasteiger partial charge in [0, 0.05) is 18.4 Å². The van der Waals surface area contributed by atoms with Crippen molar-refractivity contribution in [2.24, 2.45) is 17.8 Å². The highest BCUT2D eigenvalue weighted by molar-refractivity contribution is 6.00. The first-order chi connectivity index (χ1) is 10.7. The number of carbonyl (C=O) groups is 2. The van der Waals surface area contributed by atoms with Crippen LogP contribution in [0.1, 0.15) is 29.6 Å². The predicted octanol–water partition coefficient (Wildman–Crippen LogP) is 2.35. The molecule has 1 aromatic carbocycles. The average molecular weight is 297 g/mol. The van der Waals surface area contributed by atoms with Crippen molar-refractivity contribution in [3.8, 4) is 5.75 Å². The number of benzene rings is 1. The SMILES string of the molecule is C=CCNC(=O)[C@@H]1[C@@H]2CC[C@]3(CC(=O)c4ccccc4O3)[C@@H]21. The van der Waals surface area contributed by atoms with Gasteiger partial charge in [-0.2, -0.15) is 0 Å². The third-order valence-corrected chi connectivity index (χ3v) is 5.36. The van der Waals surface area contributed by atoms with Gasteiger partial charge < -0.3 is 10.1 Å². The molecule has 1 aromatic rings. The predicted molar refractivity (Wildman–Crippen MR) is 81.7 cm³/mol. The standard InChI is InChI=1S/C18H19NO3/c1-2-9-19-17(21)15-12-7-8-18(16(12)15)10-13(20)11-5-3-4-6-14(11)22-18/h2-6,12,15-16H,1,7-10H2,(H,19,21)/t12-,15+,16-,18-/m0/s1. The largest absolute Gasteiger partial charge is 0.486 e. The van der Waals surface area contributed by atoms with Gasteiger partial charge in [0.05, 0.1) is 12.0 Å². The molecule has 4 rings (SSSR count). The molecule has 114 valence electrons. The van der Waals surface area contributed by atoms with Crippen LogP contribution in [0.4, 0.5) is 0 Å². The summed E-state index contributed by atoms with van der Waals surface area (Å²) in [7, 11) is 0. The summed E-state index contributed by atoms with van der Waals surface area (Å²) in [6.45, 7) is 4.11. The van der Waals surface area contributed by atoms with Gasteiger partial charge in [-0.05, 0) is 30.9 Å². The molecular weight excluding hydrogens is 278 g/mol. The topological polar surface area (TPSA) is 55.4 Å². The molecule has 3 aliphatic rings. The minimum absolute atomic E-state index is 0.00763. The first kappa shape index (κ1) is 13.6. The summed E-state index contributed by atoms with van der Waals surface area (Å²) in [6, 6.07) is 7.42. The van der Waals surface area contributed by atoms with Crippen LogP contribution in [0.15, 0.2) is 36.9 Å². The Bertz CT molecular complexity index is 668. The fraction of sp³-hybridized carbons (Fsp3) is 0.444. The Hall–Kier alpha value is -2.10. The van der Waals surface area contributed by atoms with Crippen molar-refractivity contribution < 1.29 is 14.3 Å². The third-order valence-electron chi connectivity index (χ3n) is 5.36. The lowest BCUT2D eigenvalue weighted by atomic mass is 9.84. The maximum atomic E-state index is 12.5. The van der Waals surface area contributed by atoms with Crippen LogP contribution in [-0.4, -0.2) is 23.8 Å². The fourth-order valence-electron chi connectivity index (χ4n) is 4.41. The monoisotopic (exact) mass is 297 g/mol. The van der Waals surface area contributed by atoms with Crippen LogP contribution in [0.3, 0.4) is 0 Å². The maximum absolute atomic E-state index is 12.5. The molecular formula is C18H19NO3. The van der Waals surface area contributed by atoms with Crippen LogP contribution >= 0.6 is 0 Å². The fourth-order valence-corrected chi connectivity index (χ4v) is 4.41. The van der Waals surface area contributed by atoms with E-state index in [0.29, 0.717) is 30.2 Å². The summed E-state index contributed by atoms with van der Waals surface area (Å²) in [4.78, 5) is 24.7. The number of ketones is 1. The van der Waals surface area contributed by atoms with E-state index < -0.39 is 5.60 Å². The van der Waals surface area contributed by atoms with Crippen molar-refractivity contribution >= 4 is 11.7 Å². The summed E-state index contributed by atoms with van der Waals surface area (Å²) in [5.41, 5.74) is 0.205. The first-order valence-corrected chi connectivity index (χ1v) is 7.86. The lowest BCUT2D eigenvalue weighted by molar-refractivity contribution is -0.123. The van der Waals surface area contributed by atoms with E-state index in [9.17, 15) is 9.59 Å². The average Bonchev–Trinajstić information content (AvgIpc) is 3.17. The number of carbonyl (C=O) groups excluding carboxylic acids is 2. The number of Topliss-reactive ketones (excluding diaryl/α,β-unsaturated/α-hetero) is 1. The Kier molecular flexibility index (Phi) is 2.90. The van der Waals surface area contributed by atoms with Crippen molar-refractivity contribution in [3.05, 3.63) is 42.5 Å². The molecule has 0 aromatic heterocycles. The van der Waals surface area contributed by atoms with Gasteiger partial charge in [-0.3, -0.25) is 9.59 Å².